The molecule has 3 aliphatic heterocycles. The van der Waals surface area contributed by atoms with E-state index in [0.717, 1.165) is 0 Å². The van der Waals surface area contributed by atoms with Gasteiger partial charge >= 0.3 is 5.97 Å². The number of benzene rings is 2. The van der Waals surface area contributed by atoms with Crippen molar-refractivity contribution in [1.82, 2.24) is 10.2 Å². The number of aliphatic hydroxyl groups is 1. The number of anilines is 1. The number of allylic oxidation sites excluding steroid dienone is 1. The summed E-state index contributed by atoms with van der Waals surface area (Å²) in [6.45, 7) is 12.8. The topological polar surface area (TPSA) is 125 Å². The van der Waals surface area contributed by atoms with Crippen LogP contribution in [0.4, 0.5) is 5.69 Å². The van der Waals surface area contributed by atoms with Gasteiger partial charge in [-0.1, -0.05) is 67.9 Å². The first-order chi connectivity index (χ1) is 23.5. The molecule has 0 saturated carbocycles. The molecule has 49 heavy (non-hydrogen) atoms. The van der Waals surface area contributed by atoms with E-state index in [-0.39, 0.29) is 31.4 Å². The smallest absolute Gasteiger partial charge is 0.313 e. The first-order valence-corrected chi connectivity index (χ1v) is 17.3. The Morgan fingerprint density at radius 3 is 2.43 bits per heavy atom. The Morgan fingerprint density at radius 2 is 1.82 bits per heavy atom. The Morgan fingerprint density at radius 1 is 1.12 bits per heavy atom. The summed E-state index contributed by atoms with van der Waals surface area (Å²) in [5, 5.41) is 14.0. The van der Waals surface area contributed by atoms with Crippen LogP contribution >= 0.6 is 11.6 Å². The van der Waals surface area contributed by atoms with Crippen LogP contribution in [-0.2, 0) is 28.7 Å². The molecule has 11 heteroatoms. The van der Waals surface area contributed by atoms with Gasteiger partial charge in [-0.3, -0.25) is 19.2 Å². The molecule has 2 N–H and O–H groups in total. The van der Waals surface area contributed by atoms with E-state index in [9.17, 15) is 24.3 Å². The number of halogens is 1. The van der Waals surface area contributed by atoms with E-state index < -0.39 is 65.6 Å². The van der Waals surface area contributed by atoms with E-state index in [1.807, 2.05) is 44.2 Å². The highest BCUT2D eigenvalue weighted by molar-refractivity contribution is 6.30. The van der Waals surface area contributed by atoms with Gasteiger partial charge in [-0.15, -0.1) is 13.2 Å². The zero-order chi connectivity index (χ0) is 35.5. The summed E-state index contributed by atoms with van der Waals surface area (Å²) in [7, 11) is 0. The van der Waals surface area contributed by atoms with E-state index in [4.69, 9.17) is 21.1 Å². The van der Waals surface area contributed by atoms with Crippen molar-refractivity contribution in [3.63, 3.8) is 0 Å². The van der Waals surface area contributed by atoms with Crippen molar-refractivity contribution < 1.29 is 33.8 Å². The number of rotatable bonds is 15. The molecule has 8 atom stereocenters. The van der Waals surface area contributed by atoms with Crippen LogP contribution in [-0.4, -0.2) is 76.7 Å². The molecule has 3 heterocycles. The van der Waals surface area contributed by atoms with Gasteiger partial charge < -0.3 is 29.7 Å². The van der Waals surface area contributed by atoms with Crippen molar-refractivity contribution in [3.8, 4) is 0 Å². The zero-order valence-corrected chi connectivity index (χ0v) is 29.1. The minimum Gasteiger partial charge on any atom is -0.455 e. The van der Waals surface area contributed by atoms with Crippen LogP contribution in [0.15, 0.2) is 79.9 Å². The highest BCUT2D eigenvalue weighted by Gasteiger charge is 2.76. The lowest BCUT2D eigenvalue weighted by Gasteiger charge is -2.40. The summed E-state index contributed by atoms with van der Waals surface area (Å²) in [6.07, 6.45) is 3.33. The molecule has 3 saturated heterocycles. The van der Waals surface area contributed by atoms with E-state index in [1.54, 1.807) is 43.3 Å². The van der Waals surface area contributed by atoms with Crippen LogP contribution in [0.2, 0.25) is 5.02 Å². The average Bonchev–Trinajstić information content (AvgIpc) is 3.73. The maximum atomic E-state index is 14.8. The van der Waals surface area contributed by atoms with E-state index in [1.165, 1.54) is 9.80 Å². The number of carbonyl (C=O) groups is 4. The van der Waals surface area contributed by atoms with E-state index in [0.29, 0.717) is 35.5 Å². The second-order valence-electron chi connectivity index (χ2n) is 13.5. The molecule has 10 nitrogen and oxygen atoms in total. The normalized spacial score (nSPS) is 25.8. The third-order valence-corrected chi connectivity index (χ3v) is 10.3. The van der Waals surface area contributed by atoms with Crippen molar-refractivity contribution in [2.45, 2.75) is 82.4 Å². The van der Waals surface area contributed by atoms with Gasteiger partial charge in [0.1, 0.15) is 17.7 Å². The minimum atomic E-state index is -1.32. The molecule has 0 aromatic heterocycles. The minimum absolute atomic E-state index is 0.148. The SMILES string of the molecule is C=CCCC(=O)N[C@H](C)[C@@H](OC(=O)[C@@H]1[C@H]2C(=O)N([C@@H](CO)C(C)C)[C@H](C(=O)N(CC=C)c3ccc(Cl)cc3)[C@]23CC[C@H]1O3)c1ccccc1. The second kappa shape index (κ2) is 15.3. The summed E-state index contributed by atoms with van der Waals surface area (Å²) in [6, 6.07) is 13.5. The summed E-state index contributed by atoms with van der Waals surface area (Å²) in [5.41, 5.74) is -0.0737. The Hall–Kier alpha value is -3.99. The Kier molecular flexibility index (Phi) is 11.3. The van der Waals surface area contributed by atoms with Crippen LogP contribution < -0.4 is 10.2 Å². The molecule has 2 bridgehead atoms. The van der Waals surface area contributed by atoms with Gasteiger partial charge in [0, 0.05) is 23.7 Å². The van der Waals surface area contributed by atoms with Gasteiger partial charge in [0.15, 0.2) is 0 Å². The summed E-state index contributed by atoms with van der Waals surface area (Å²) >= 11 is 6.15. The van der Waals surface area contributed by atoms with E-state index >= 15 is 0 Å². The molecule has 5 rings (SSSR count). The maximum Gasteiger partial charge on any atom is 0.313 e. The van der Waals surface area contributed by atoms with Crippen LogP contribution in [0.1, 0.15) is 58.1 Å². The molecular weight excluding hydrogens is 646 g/mol. The molecule has 0 radical (unpaired) electrons. The van der Waals surface area contributed by atoms with Crippen LogP contribution in [0, 0.1) is 17.8 Å². The summed E-state index contributed by atoms with van der Waals surface area (Å²) in [5.74, 6) is -3.88. The number of nitrogens with one attached hydrogen (secondary N) is 1. The largest absolute Gasteiger partial charge is 0.455 e. The molecule has 2 aromatic rings. The summed E-state index contributed by atoms with van der Waals surface area (Å²) in [4.78, 5) is 59.4. The quantitative estimate of drug-likeness (QED) is 0.199. The van der Waals surface area contributed by atoms with Crippen molar-refractivity contribution >= 4 is 41.0 Å². The average molecular weight is 692 g/mol. The molecule has 2 aromatic carbocycles. The van der Waals surface area contributed by atoms with E-state index in [2.05, 4.69) is 18.5 Å². The fourth-order valence-corrected chi connectivity index (χ4v) is 7.90. The van der Waals surface area contributed by atoms with Crippen molar-refractivity contribution in [3.05, 3.63) is 90.5 Å². The second-order valence-corrected chi connectivity index (χ2v) is 13.9. The molecule has 1 spiro atoms. The van der Waals surface area contributed by atoms with Gasteiger partial charge in [-0.2, -0.15) is 0 Å². The predicted molar refractivity (Wildman–Crippen MR) is 186 cm³/mol. The molecular formula is C38H46ClN3O7. The van der Waals surface area contributed by atoms with Crippen molar-refractivity contribution in [2.75, 3.05) is 18.1 Å². The number of likely N-dealkylation sites (tertiary alicyclic amines) is 1. The first kappa shape index (κ1) is 36.3. The van der Waals surface area contributed by atoms with Crippen LogP contribution in [0.5, 0.6) is 0 Å². The van der Waals surface area contributed by atoms with Crippen LogP contribution in [0.25, 0.3) is 0 Å². The monoisotopic (exact) mass is 691 g/mol. The van der Waals surface area contributed by atoms with Gasteiger partial charge in [0.25, 0.3) is 5.91 Å². The highest BCUT2D eigenvalue weighted by atomic mass is 35.5. The zero-order valence-electron chi connectivity index (χ0n) is 28.3. The molecule has 0 aliphatic carbocycles. The summed E-state index contributed by atoms with van der Waals surface area (Å²) < 4.78 is 12.9. The molecule has 262 valence electrons. The van der Waals surface area contributed by atoms with Gasteiger partial charge in [0.2, 0.25) is 11.8 Å². The number of aliphatic hydroxyl groups excluding tert-OH is 1. The first-order valence-electron chi connectivity index (χ1n) is 16.9. The number of ether oxygens (including phenoxy) is 2. The Bertz CT molecular complexity index is 1550. The fourth-order valence-electron chi connectivity index (χ4n) is 7.78. The number of nitrogens with zero attached hydrogens (tertiary/aromatic N) is 2. The molecule has 3 aliphatic rings. The number of carbonyl (C=O) groups excluding carboxylic acids is 4. The van der Waals surface area contributed by atoms with Gasteiger partial charge in [-0.05, 0) is 61.9 Å². The lowest BCUT2D eigenvalue weighted by molar-refractivity contribution is -0.162. The molecule has 0 unspecified atom stereocenters. The lowest BCUT2D eigenvalue weighted by atomic mass is 9.70. The molecule has 3 amide bonds. The fraction of sp³-hybridized carbons (Fsp3) is 0.474. The van der Waals surface area contributed by atoms with Gasteiger partial charge in [0.05, 0.1) is 36.6 Å². The number of hydrogen-bond acceptors (Lipinski definition) is 7. The number of amides is 3. The molecule has 3 fully saturated rings. The van der Waals surface area contributed by atoms with Crippen LogP contribution in [0.3, 0.4) is 0 Å². The maximum absolute atomic E-state index is 14.8. The third-order valence-electron chi connectivity index (χ3n) is 10.1. The Labute approximate surface area is 293 Å². The number of hydrogen-bond donors (Lipinski definition) is 2. The Balaban J connectivity index is 1.51. The standard InChI is InChI=1S/C38H46ClN3O7/c1-6-8-14-30(44)40-24(5)33(25-12-10-9-11-13-25)48-37(47)31-29-19-20-38(49-29)32(31)35(45)42(28(22-43)23(3)4)34(38)36(46)41(21-7-2)27-17-15-26(39)16-18-27/h6-7,9-13,15-18,23-24,28-29,31-34,43H,1-2,8,14,19-22H2,3-5H3,(H,40,44)/t24-,28+,29-,31+,32+,33-,34-,38+/m1/s1. The highest BCUT2D eigenvalue weighted by Crippen LogP contribution is 2.59. The van der Waals surface area contributed by atoms with Gasteiger partial charge in [-0.25, -0.2) is 0 Å². The van der Waals surface area contributed by atoms with Crippen molar-refractivity contribution in [2.24, 2.45) is 17.8 Å². The predicted octanol–water partition coefficient (Wildman–Crippen LogP) is 5.01. The number of esters is 1. The van der Waals surface area contributed by atoms with Crippen molar-refractivity contribution in [1.29, 1.82) is 0 Å². The third kappa shape index (κ3) is 6.91. The number of fused-ring (bicyclic) bond motifs is 1. The lowest BCUT2D eigenvalue weighted by Crippen LogP contribution is -2.59.